The number of aliphatic hydroxyl groups is 1. The van der Waals surface area contributed by atoms with Crippen LogP contribution >= 0.6 is 0 Å². The molecule has 0 amide bonds. The molecule has 118 valence electrons. The lowest BCUT2D eigenvalue weighted by Crippen LogP contribution is -2.52. The van der Waals surface area contributed by atoms with Gasteiger partial charge < -0.3 is 9.84 Å². The van der Waals surface area contributed by atoms with E-state index in [4.69, 9.17) is 4.74 Å². The first-order valence-electron chi connectivity index (χ1n) is 7.44. The number of methoxy groups -OCH3 is 1. The Morgan fingerprint density at radius 2 is 1.50 bits per heavy atom. The molecule has 0 atom stereocenters. The molecule has 2 fully saturated rings. The lowest BCUT2D eigenvalue weighted by atomic mass is 9.94. The van der Waals surface area contributed by atoms with Crippen molar-refractivity contribution in [3.63, 3.8) is 0 Å². The summed E-state index contributed by atoms with van der Waals surface area (Å²) in [5.74, 6) is 0. The van der Waals surface area contributed by atoms with E-state index in [0.29, 0.717) is 39.0 Å². The van der Waals surface area contributed by atoms with E-state index in [1.807, 2.05) is 0 Å². The molecule has 0 spiro atoms. The maximum absolute atomic E-state index is 12.6. The molecule has 0 aliphatic carbocycles. The summed E-state index contributed by atoms with van der Waals surface area (Å²) in [6.45, 7) is 2.27. The highest BCUT2D eigenvalue weighted by atomic mass is 32.2. The molecule has 2 aliphatic heterocycles. The van der Waals surface area contributed by atoms with Crippen LogP contribution in [-0.4, -0.2) is 67.6 Å². The fourth-order valence-electron chi connectivity index (χ4n) is 2.98. The SMILES string of the molecule is COCC1(O)CCN(S(=O)(=O)N2CCCCCC2)CC1. The van der Waals surface area contributed by atoms with E-state index in [1.165, 1.54) is 4.31 Å². The van der Waals surface area contributed by atoms with Gasteiger partial charge in [0.25, 0.3) is 10.2 Å². The summed E-state index contributed by atoms with van der Waals surface area (Å²) in [5, 5.41) is 10.3. The van der Waals surface area contributed by atoms with E-state index in [1.54, 1.807) is 11.4 Å². The third-order valence-electron chi connectivity index (χ3n) is 4.28. The van der Waals surface area contributed by atoms with Crippen LogP contribution in [0.1, 0.15) is 38.5 Å². The highest BCUT2D eigenvalue weighted by molar-refractivity contribution is 7.86. The van der Waals surface area contributed by atoms with Crippen molar-refractivity contribution >= 4 is 10.2 Å². The van der Waals surface area contributed by atoms with Gasteiger partial charge in [0.15, 0.2) is 0 Å². The molecule has 1 N–H and O–H groups in total. The minimum atomic E-state index is -3.36. The van der Waals surface area contributed by atoms with Crippen LogP contribution in [0.5, 0.6) is 0 Å². The standard InChI is InChI=1S/C13H26N2O4S/c1-19-12-13(16)6-10-15(11-7-13)20(17,18)14-8-4-2-3-5-9-14/h16H,2-12H2,1H3. The molecule has 0 radical (unpaired) electrons. The van der Waals surface area contributed by atoms with Crippen LogP contribution < -0.4 is 0 Å². The van der Waals surface area contributed by atoms with Gasteiger partial charge >= 0.3 is 0 Å². The van der Waals surface area contributed by atoms with Gasteiger partial charge in [-0.1, -0.05) is 12.8 Å². The number of hydrogen-bond donors (Lipinski definition) is 1. The molecule has 20 heavy (non-hydrogen) atoms. The molecule has 2 heterocycles. The van der Waals surface area contributed by atoms with E-state index in [-0.39, 0.29) is 6.61 Å². The highest BCUT2D eigenvalue weighted by Gasteiger charge is 2.38. The second-order valence-corrected chi connectivity index (χ2v) is 7.81. The van der Waals surface area contributed by atoms with Crippen molar-refractivity contribution in [3.05, 3.63) is 0 Å². The molecule has 6 nitrogen and oxygen atoms in total. The molecular weight excluding hydrogens is 280 g/mol. The Balaban J connectivity index is 1.97. The normalized spacial score (nSPS) is 26.3. The molecule has 0 aromatic carbocycles. The molecule has 2 rings (SSSR count). The Morgan fingerprint density at radius 3 is 2.00 bits per heavy atom. The Hall–Kier alpha value is -0.210. The van der Waals surface area contributed by atoms with Gasteiger partial charge in [-0.2, -0.15) is 17.0 Å². The molecule has 0 saturated carbocycles. The third-order valence-corrected chi connectivity index (χ3v) is 6.32. The minimum absolute atomic E-state index is 0.268. The predicted molar refractivity (Wildman–Crippen MR) is 76.6 cm³/mol. The van der Waals surface area contributed by atoms with Gasteiger partial charge in [0.1, 0.15) is 0 Å². The van der Waals surface area contributed by atoms with Gasteiger partial charge in [-0.15, -0.1) is 0 Å². The monoisotopic (exact) mass is 306 g/mol. The van der Waals surface area contributed by atoms with Gasteiger partial charge in [-0.3, -0.25) is 0 Å². The second kappa shape index (κ2) is 6.70. The zero-order valence-corrected chi connectivity index (χ0v) is 13.1. The second-order valence-electron chi connectivity index (χ2n) is 5.88. The van der Waals surface area contributed by atoms with Crippen LogP contribution in [0.3, 0.4) is 0 Å². The highest BCUT2D eigenvalue weighted by Crippen LogP contribution is 2.26. The first-order valence-corrected chi connectivity index (χ1v) is 8.84. The molecular formula is C13H26N2O4S. The maximum atomic E-state index is 12.6. The topological polar surface area (TPSA) is 70.1 Å². The van der Waals surface area contributed by atoms with E-state index in [0.717, 1.165) is 25.7 Å². The van der Waals surface area contributed by atoms with Crippen molar-refractivity contribution in [3.8, 4) is 0 Å². The van der Waals surface area contributed by atoms with E-state index in [9.17, 15) is 13.5 Å². The Bertz CT molecular complexity index is 397. The van der Waals surface area contributed by atoms with Crippen LogP contribution in [-0.2, 0) is 14.9 Å². The molecule has 0 bridgehead atoms. The summed E-state index contributed by atoms with van der Waals surface area (Å²) in [6.07, 6.45) is 4.99. The Kier molecular flexibility index (Phi) is 5.42. The summed E-state index contributed by atoms with van der Waals surface area (Å²) in [4.78, 5) is 0. The van der Waals surface area contributed by atoms with Crippen molar-refractivity contribution < 1.29 is 18.3 Å². The van der Waals surface area contributed by atoms with Gasteiger partial charge in [-0.05, 0) is 25.7 Å². The van der Waals surface area contributed by atoms with Gasteiger partial charge in [-0.25, -0.2) is 0 Å². The van der Waals surface area contributed by atoms with Crippen molar-refractivity contribution in [1.82, 2.24) is 8.61 Å². The van der Waals surface area contributed by atoms with Crippen LogP contribution in [0, 0.1) is 0 Å². The minimum Gasteiger partial charge on any atom is -0.387 e. The first kappa shape index (κ1) is 16.2. The first-order chi connectivity index (χ1) is 9.48. The lowest BCUT2D eigenvalue weighted by molar-refractivity contribution is -0.0612. The van der Waals surface area contributed by atoms with Crippen LogP contribution in [0.4, 0.5) is 0 Å². The summed E-state index contributed by atoms with van der Waals surface area (Å²) in [7, 11) is -1.80. The van der Waals surface area contributed by atoms with Gasteiger partial charge in [0, 0.05) is 33.3 Å². The van der Waals surface area contributed by atoms with Crippen LogP contribution in [0.15, 0.2) is 0 Å². The van der Waals surface area contributed by atoms with E-state index in [2.05, 4.69) is 0 Å². The molecule has 2 aliphatic rings. The number of rotatable bonds is 4. The number of ether oxygens (including phenoxy) is 1. The predicted octanol–water partition coefficient (Wildman–Crippen LogP) is 0.581. The van der Waals surface area contributed by atoms with Gasteiger partial charge in [0.05, 0.1) is 12.2 Å². The average molecular weight is 306 g/mol. The summed E-state index contributed by atoms with van der Waals surface area (Å²) in [6, 6.07) is 0. The summed E-state index contributed by atoms with van der Waals surface area (Å²) < 4.78 is 33.3. The number of nitrogens with zero attached hydrogens (tertiary/aromatic N) is 2. The van der Waals surface area contributed by atoms with Crippen molar-refractivity contribution in [2.24, 2.45) is 0 Å². The molecule has 2 saturated heterocycles. The zero-order chi connectivity index (χ0) is 14.6. The molecule has 0 aromatic heterocycles. The fraction of sp³-hybridized carbons (Fsp3) is 1.00. The lowest BCUT2D eigenvalue weighted by Gasteiger charge is -2.38. The smallest absolute Gasteiger partial charge is 0.281 e. The number of hydrogen-bond acceptors (Lipinski definition) is 4. The molecule has 0 unspecified atom stereocenters. The van der Waals surface area contributed by atoms with Crippen LogP contribution in [0.25, 0.3) is 0 Å². The Morgan fingerprint density at radius 1 is 1.00 bits per heavy atom. The van der Waals surface area contributed by atoms with Crippen molar-refractivity contribution in [2.75, 3.05) is 39.9 Å². The number of piperidine rings is 1. The maximum Gasteiger partial charge on any atom is 0.281 e. The third kappa shape index (κ3) is 3.71. The Labute approximate surface area is 121 Å². The van der Waals surface area contributed by atoms with Crippen molar-refractivity contribution in [2.45, 2.75) is 44.1 Å². The van der Waals surface area contributed by atoms with E-state index < -0.39 is 15.8 Å². The van der Waals surface area contributed by atoms with E-state index >= 15 is 0 Å². The summed E-state index contributed by atoms with van der Waals surface area (Å²) in [5.41, 5.74) is -0.875. The average Bonchev–Trinajstić information content (AvgIpc) is 2.68. The van der Waals surface area contributed by atoms with Crippen molar-refractivity contribution in [1.29, 1.82) is 0 Å². The largest absolute Gasteiger partial charge is 0.387 e. The van der Waals surface area contributed by atoms with Crippen LogP contribution in [0.2, 0.25) is 0 Å². The molecule has 0 aromatic rings. The van der Waals surface area contributed by atoms with Gasteiger partial charge in [0.2, 0.25) is 0 Å². The molecule has 7 heteroatoms. The quantitative estimate of drug-likeness (QED) is 0.825. The fourth-order valence-corrected chi connectivity index (χ4v) is 4.67. The summed E-state index contributed by atoms with van der Waals surface area (Å²) >= 11 is 0. The zero-order valence-electron chi connectivity index (χ0n) is 12.3.